The zero-order chi connectivity index (χ0) is 9.14. The lowest BCUT2D eigenvalue weighted by molar-refractivity contribution is 0.0696. The number of aromatic carboxylic acids is 1. The number of carbonyl (C=O) groups is 2. The van der Waals surface area contributed by atoms with Crippen LogP contribution in [0.25, 0.3) is 0 Å². The van der Waals surface area contributed by atoms with Gasteiger partial charge in [-0.3, -0.25) is 4.79 Å². The Labute approximate surface area is 69.6 Å². The van der Waals surface area contributed by atoms with E-state index < -0.39 is 5.97 Å². The van der Waals surface area contributed by atoms with Gasteiger partial charge in [0.25, 0.3) is 0 Å². The Morgan fingerprint density at radius 2 is 1.92 bits per heavy atom. The van der Waals surface area contributed by atoms with E-state index in [9.17, 15) is 9.59 Å². The Morgan fingerprint density at radius 1 is 1.33 bits per heavy atom. The standard InChI is InChI=1S/C9H7O3/c1-6(10)7-3-2-4-8(5-7)9(11)12/h2-4H,1H3,(H,11,12). The first-order chi connectivity index (χ1) is 5.61. The smallest absolute Gasteiger partial charge is 0.336 e. The summed E-state index contributed by atoms with van der Waals surface area (Å²) in [6, 6.07) is 6.95. The lowest BCUT2D eigenvalue weighted by atomic mass is 10.1. The highest BCUT2D eigenvalue weighted by Gasteiger charge is 2.05. The van der Waals surface area contributed by atoms with Gasteiger partial charge in [-0.2, -0.15) is 0 Å². The second-order valence-electron chi connectivity index (χ2n) is 2.34. The van der Waals surface area contributed by atoms with Crippen LogP contribution in [0.15, 0.2) is 18.2 Å². The summed E-state index contributed by atoms with van der Waals surface area (Å²) >= 11 is 0. The van der Waals surface area contributed by atoms with Gasteiger partial charge in [0.1, 0.15) is 0 Å². The molecule has 0 aliphatic heterocycles. The Kier molecular flexibility index (Phi) is 2.24. The molecule has 1 aromatic carbocycles. The number of carboxylic acids is 1. The molecule has 0 unspecified atom stereocenters. The molecule has 0 spiro atoms. The Hall–Kier alpha value is -1.64. The topological polar surface area (TPSA) is 54.4 Å². The normalized spacial score (nSPS) is 9.42. The maximum Gasteiger partial charge on any atom is 0.336 e. The summed E-state index contributed by atoms with van der Waals surface area (Å²) < 4.78 is 0. The third kappa shape index (κ3) is 1.69. The van der Waals surface area contributed by atoms with Gasteiger partial charge in [0, 0.05) is 11.6 Å². The predicted molar refractivity (Wildman–Crippen MR) is 42.2 cm³/mol. The van der Waals surface area contributed by atoms with E-state index in [1.165, 1.54) is 25.1 Å². The number of carboxylic acid groups (broad SMARTS) is 1. The molecule has 0 aromatic heterocycles. The van der Waals surface area contributed by atoms with Crippen molar-refractivity contribution < 1.29 is 14.7 Å². The first kappa shape index (κ1) is 8.46. The lowest BCUT2D eigenvalue weighted by Crippen LogP contribution is -2.00. The van der Waals surface area contributed by atoms with E-state index in [2.05, 4.69) is 6.07 Å². The lowest BCUT2D eigenvalue weighted by Gasteiger charge is -1.95. The van der Waals surface area contributed by atoms with Crippen LogP contribution in [0.4, 0.5) is 0 Å². The van der Waals surface area contributed by atoms with E-state index in [0.717, 1.165) is 0 Å². The second-order valence-corrected chi connectivity index (χ2v) is 2.34. The average Bonchev–Trinajstić information content (AvgIpc) is 2.04. The van der Waals surface area contributed by atoms with Gasteiger partial charge < -0.3 is 5.11 Å². The van der Waals surface area contributed by atoms with Gasteiger partial charge in [-0.05, 0) is 13.0 Å². The average molecular weight is 163 g/mol. The van der Waals surface area contributed by atoms with Crippen LogP contribution in [0, 0.1) is 6.07 Å². The van der Waals surface area contributed by atoms with Gasteiger partial charge in [0.2, 0.25) is 0 Å². The zero-order valence-corrected chi connectivity index (χ0v) is 6.50. The van der Waals surface area contributed by atoms with Gasteiger partial charge in [-0.1, -0.05) is 12.1 Å². The molecule has 0 amide bonds. The Morgan fingerprint density at radius 3 is 2.42 bits per heavy atom. The molecule has 12 heavy (non-hydrogen) atoms. The fourth-order valence-corrected chi connectivity index (χ4v) is 0.799. The molecule has 0 heterocycles. The van der Waals surface area contributed by atoms with Crippen LogP contribution < -0.4 is 0 Å². The first-order valence-electron chi connectivity index (χ1n) is 3.38. The maximum absolute atomic E-state index is 10.8. The van der Waals surface area contributed by atoms with Crippen molar-refractivity contribution in [2.24, 2.45) is 0 Å². The van der Waals surface area contributed by atoms with Crippen LogP contribution in [-0.2, 0) is 0 Å². The van der Waals surface area contributed by atoms with Crippen LogP contribution >= 0.6 is 0 Å². The van der Waals surface area contributed by atoms with Crippen molar-refractivity contribution in [3.63, 3.8) is 0 Å². The van der Waals surface area contributed by atoms with Gasteiger partial charge in [0.15, 0.2) is 5.78 Å². The molecule has 0 fully saturated rings. The highest BCUT2D eigenvalue weighted by molar-refractivity contribution is 5.96. The van der Waals surface area contributed by atoms with Crippen LogP contribution in [0.2, 0.25) is 0 Å². The number of rotatable bonds is 2. The molecular formula is C9H7O3. The summed E-state index contributed by atoms with van der Waals surface area (Å²) in [6.45, 7) is 1.37. The molecule has 1 rings (SSSR count). The molecule has 3 nitrogen and oxygen atoms in total. The minimum Gasteiger partial charge on any atom is -0.478 e. The van der Waals surface area contributed by atoms with Crippen LogP contribution in [-0.4, -0.2) is 16.9 Å². The third-order valence-corrected chi connectivity index (χ3v) is 1.40. The third-order valence-electron chi connectivity index (χ3n) is 1.40. The molecule has 0 aliphatic carbocycles. The minimum atomic E-state index is -1.07. The number of benzene rings is 1. The molecule has 0 saturated heterocycles. The summed E-state index contributed by atoms with van der Waals surface area (Å²) in [5, 5.41) is 8.55. The zero-order valence-electron chi connectivity index (χ0n) is 6.50. The Bertz CT molecular complexity index is 299. The van der Waals surface area contributed by atoms with Gasteiger partial charge in [-0.15, -0.1) is 0 Å². The molecule has 0 bridgehead atoms. The fourth-order valence-electron chi connectivity index (χ4n) is 0.799. The summed E-state index contributed by atoms with van der Waals surface area (Å²) in [7, 11) is 0. The van der Waals surface area contributed by atoms with Gasteiger partial charge in [-0.25, -0.2) is 4.79 Å². The molecule has 0 saturated carbocycles. The number of carbonyl (C=O) groups excluding carboxylic acids is 1. The van der Waals surface area contributed by atoms with E-state index in [0.29, 0.717) is 5.56 Å². The van der Waals surface area contributed by atoms with E-state index in [-0.39, 0.29) is 11.3 Å². The number of hydrogen-bond donors (Lipinski definition) is 1. The minimum absolute atomic E-state index is 0.0164. The summed E-state index contributed by atoms with van der Waals surface area (Å²) in [4.78, 5) is 21.2. The number of Topliss-reactive ketones (excluding diaryl/α,β-unsaturated/α-hetero) is 1. The van der Waals surface area contributed by atoms with Crippen LogP contribution in [0.3, 0.4) is 0 Å². The van der Waals surface area contributed by atoms with E-state index in [4.69, 9.17) is 5.11 Å². The van der Waals surface area contributed by atoms with Crippen molar-refractivity contribution in [3.8, 4) is 0 Å². The molecule has 0 aliphatic rings. The summed E-state index contributed by atoms with van der Waals surface area (Å²) in [5.41, 5.74) is 0.317. The van der Waals surface area contributed by atoms with E-state index in [1.54, 1.807) is 0 Å². The first-order valence-corrected chi connectivity index (χ1v) is 3.38. The molecule has 1 radical (unpaired) electrons. The number of hydrogen-bond acceptors (Lipinski definition) is 2. The SMILES string of the molecule is CC(=O)c1[c]c(C(=O)O)ccc1. The van der Waals surface area contributed by atoms with Crippen LogP contribution in [0.1, 0.15) is 27.6 Å². The number of ketones is 1. The predicted octanol–water partition coefficient (Wildman–Crippen LogP) is 1.39. The fraction of sp³-hybridized carbons (Fsp3) is 0.111. The summed E-state index contributed by atoms with van der Waals surface area (Å²) in [6.07, 6.45) is 0. The molecule has 0 atom stereocenters. The van der Waals surface area contributed by atoms with Gasteiger partial charge >= 0.3 is 5.97 Å². The van der Waals surface area contributed by atoms with Crippen molar-refractivity contribution >= 4 is 11.8 Å². The van der Waals surface area contributed by atoms with E-state index >= 15 is 0 Å². The molecular weight excluding hydrogens is 156 g/mol. The Balaban J connectivity index is 3.12. The maximum atomic E-state index is 10.8. The van der Waals surface area contributed by atoms with E-state index in [1.807, 2.05) is 0 Å². The largest absolute Gasteiger partial charge is 0.478 e. The highest BCUT2D eigenvalue weighted by atomic mass is 16.4. The van der Waals surface area contributed by atoms with Crippen molar-refractivity contribution in [1.82, 2.24) is 0 Å². The highest BCUT2D eigenvalue weighted by Crippen LogP contribution is 2.04. The van der Waals surface area contributed by atoms with Crippen LogP contribution in [0.5, 0.6) is 0 Å². The molecule has 61 valence electrons. The van der Waals surface area contributed by atoms with Crippen molar-refractivity contribution in [1.29, 1.82) is 0 Å². The van der Waals surface area contributed by atoms with Crippen molar-refractivity contribution in [2.75, 3.05) is 0 Å². The second kappa shape index (κ2) is 3.17. The van der Waals surface area contributed by atoms with Crippen molar-refractivity contribution in [2.45, 2.75) is 6.92 Å². The van der Waals surface area contributed by atoms with Gasteiger partial charge in [0.05, 0.1) is 5.56 Å². The monoisotopic (exact) mass is 163 g/mol. The molecule has 3 heteroatoms. The molecule has 1 aromatic rings. The summed E-state index contributed by atoms with van der Waals surface area (Å²) in [5.74, 6) is -1.25. The van der Waals surface area contributed by atoms with Crippen molar-refractivity contribution in [3.05, 3.63) is 35.4 Å². The molecule has 1 N–H and O–H groups in total. The quantitative estimate of drug-likeness (QED) is 0.670.